The van der Waals surface area contributed by atoms with E-state index in [4.69, 9.17) is 5.73 Å². The molecular weight excluding hydrogens is 166 g/mol. The Hall–Kier alpha value is -1.55. The van der Waals surface area contributed by atoms with Crippen molar-refractivity contribution >= 4 is 16.6 Å². The molecule has 0 bridgehead atoms. The summed E-state index contributed by atoms with van der Waals surface area (Å²) in [5.74, 6) is 0. The Labute approximate surface area is 75.6 Å². The van der Waals surface area contributed by atoms with Gasteiger partial charge in [-0.15, -0.1) is 0 Å². The average Bonchev–Trinajstić information content (AvgIpc) is 2.46. The van der Waals surface area contributed by atoms with Gasteiger partial charge in [-0.2, -0.15) is 5.10 Å². The molecule has 0 aliphatic rings. The predicted molar refractivity (Wildman–Crippen MR) is 51.1 cm³/mol. The minimum atomic E-state index is -0.603. The first-order valence-electron chi connectivity index (χ1n) is 4.09. The van der Waals surface area contributed by atoms with Crippen molar-refractivity contribution in [2.45, 2.75) is 13.2 Å². The number of benzene rings is 1. The third-order valence-corrected chi connectivity index (χ3v) is 1.93. The highest BCUT2D eigenvalue weighted by Crippen LogP contribution is 2.16. The van der Waals surface area contributed by atoms with Crippen LogP contribution in [0.3, 0.4) is 0 Å². The Bertz CT molecular complexity index is 433. The number of hydrogen-bond donors (Lipinski definition) is 2. The highest BCUT2D eigenvalue weighted by molar-refractivity contribution is 5.81. The van der Waals surface area contributed by atoms with Crippen LogP contribution in [0.1, 0.15) is 13.2 Å². The van der Waals surface area contributed by atoms with E-state index in [9.17, 15) is 5.11 Å². The fourth-order valence-electron chi connectivity index (χ4n) is 1.24. The maximum absolute atomic E-state index is 9.26. The second-order valence-electron chi connectivity index (χ2n) is 3.06. The molecule has 4 heteroatoms. The fourth-order valence-corrected chi connectivity index (χ4v) is 1.24. The average molecular weight is 177 g/mol. The summed E-state index contributed by atoms with van der Waals surface area (Å²) < 4.78 is 1.50. The Morgan fingerprint density at radius 1 is 1.54 bits per heavy atom. The molecule has 4 nitrogen and oxygen atoms in total. The van der Waals surface area contributed by atoms with Crippen LogP contribution < -0.4 is 5.73 Å². The Kier molecular flexibility index (Phi) is 1.70. The number of nitrogen functional groups attached to an aromatic ring is 1. The van der Waals surface area contributed by atoms with E-state index in [1.54, 1.807) is 19.2 Å². The summed E-state index contributed by atoms with van der Waals surface area (Å²) in [6.45, 7) is 1.66. The highest BCUT2D eigenvalue weighted by Gasteiger charge is 2.03. The van der Waals surface area contributed by atoms with Crippen molar-refractivity contribution in [2.75, 3.05) is 5.73 Å². The van der Waals surface area contributed by atoms with E-state index in [2.05, 4.69) is 5.10 Å². The first kappa shape index (κ1) is 8.07. The number of rotatable bonds is 1. The molecule has 1 heterocycles. The summed E-state index contributed by atoms with van der Waals surface area (Å²) in [7, 11) is 0. The largest absolute Gasteiger partial charge is 0.399 e. The van der Waals surface area contributed by atoms with Gasteiger partial charge in [0, 0.05) is 17.3 Å². The van der Waals surface area contributed by atoms with Gasteiger partial charge in [-0.25, -0.2) is 4.68 Å². The molecule has 1 aromatic heterocycles. The van der Waals surface area contributed by atoms with E-state index >= 15 is 0 Å². The fraction of sp³-hybridized carbons (Fsp3) is 0.222. The van der Waals surface area contributed by atoms with Gasteiger partial charge in [0.05, 0.1) is 5.52 Å². The van der Waals surface area contributed by atoms with E-state index in [0.717, 1.165) is 10.9 Å². The molecule has 0 saturated carbocycles. The maximum atomic E-state index is 9.26. The van der Waals surface area contributed by atoms with Gasteiger partial charge in [-0.3, -0.25) is 0 Å². The van der Waals surface area contributed by atoms with Crippen molar-refractivity contribution in [2.24, 2.45) is 0 Å². The molecule has 1 atom stereocenters. The van der Waals surface area contributed by atoms with Gasteiger partial charge in [0.1, 0.15) is 6.23 Å². The topological polar surface area (TPSA) is 64.1 Å². The maximum Gasteiger partial charge on any atom is 0.144 e. The van der Waals surface area contributed by atoms with Crippen LogP contribution in [0.4, 0.5) is 5.69 Å². The minimum absolute atomic E-state index is 0.603. The smallest absolute Gasteiger partial charge is 0.144 e. The zero-order valence-electron chi connectivity index (χ0n) is 7.31. The number of aliphatic hydroxyl groups is 1. The lowest BCUT2D eigenvalue weighted by Crippen LogP contribution is -2.03. The van der Waals surface area contributed by atoms with Crippen molar-refractivity contribution in [3.8, 4) is 0 Å². The Morgan fingerprint density at radius 2 is 2.31 bits per heavy atom. The van der Waals surface area contributed by atoms with Crippen LogP contribution in [0.5, 0.6) is 0 Å². The quantitative estimate of drug-likeness (QED) is 0.642. The monoisotopic (exact) mass is 177 g/mol. The van der Waals surface area contributed by atoms with Crippen molar-refractivity contribution < 1.29 is 5.11 Å². The normalized spacial score (nSPS) is 13.4. The van der Waals surface area contributed by atoms with E-state index < -0.39 is 6.23 Å². The molecule has 0 aliphatic heterocycles. The number of anilines is 1. The number of nitrogens with zero attached hydrogens (tertiary/aromatic N) is 2. The summed E-state index contributed by atoms with van der Waals surface area (Å²) in [4.78, 5) is 0. The van der Waals surface area contributed by atoms with E-state index in [0.29, 0.717) is 5.69 Å². The van der Waals surface area contributed by atoms with Crippen LogP contribution in [-0.4, -0.2) is 14.9 Å². The summed E-state index contributed by atoms with van der Waals surface area (Å²) in [6, 6.07) is 5.49. The van der Waals surface area contributed by atoms with Gasteiger partial charge >= 0.3 is 0 Å². The van der Waals surface area contributed by atoms with Gasteiger partial charge < -0.3 is 10.8 Å². The first-order valence-corrected chi connectivity index (χ1v) is 4.09. The van der Waals surface area contributed by atoms with Crippen molar-refractivity contribution in [1.82, 2.24) is 9.78 Å². The van der Waals surface area contributed by atoms with Crippen LogP contribution in [-0.2, 0) is 0 Å². The molecule has 2 aromatic rings. The van der Waals surface area contributed by atoms with E-state index in [-0.39, 0.29) is 0 Å². The van der Waals surface area contributed by atoms with Crippen LogP contribution in [0.2, 0.25) is 0 Å². The molecule has 3 N–H and O–H groups in total. The lowest BCUT2D eigenvalue weighted by molar-refractivity contribution is 0.111. The molecule has 0 spiro atoms. The van der Waals surface area contributed by atoms with Gasteiger partial charge in [0.25, 0.3) is 0 Å². The molecule has 0 aliphatic carbocycles. The van der Waals surface area contributed by atoms with E-state index in [1.165, 1.54) is 4.68 Å². The van der Waals surface area contributed by atoms with Gasteiger partial charge in [0.15, 0.2) is 0 Å². The van der Waals surface area contributed by atoms with Crippen LogP contribution >= 0.6 is 0 Å². The molecule has 1 aromatic carbocycles. The molecular formula is C9H11N3O. The lowest BCUT2D eigenvalue weighted by Gasteiger charge is -2.01. The third-order valence-electron chi connectivity index (χ3n) is 1.93. The Balaban J connectivity index is 2.62. The molecule has 0 radical (unpaired) electrons. The summed E-state index contributed by atoms with van der Waals surface area (Å²) in [5.41, 5.74) is 7.09. The van der Waals surface area contributed by atoms with Crippen molar-refractivity contribution in [1.29, 1.82) is 0 Å². The minimum Gasteiger partial charge on any atom is -0.399 e. The molecule has 0 amide bonds. The summed E-state index contributed by atoms with van der Waals surface area (Å²) in [5, 5.41) is 14.4. The molecule has 1 unspecified atom stereocenters. The standard InChI is InChI=1S/C9H11N3O/c1-6(13)12-5-7-2-3-8(10)4-9(7)11-12/h2-6,13H,10H2,1H3. The summed E-state index contributed by atoms with van der Waals surface area (Å²) >= 11 is 0. The predicted octanol–water partition coefficient (Wildman–Crippen LogP) is 1.13. The zero-order chi connectivity index (χ0) is 9.42. The van der Waals surface area contributed by atoms with Crippen LogP contribution in [0.15, 0.2) is 24.4 Å². The number of hydrogen-bond acceptors (Lipinski definition) is 3. The van der Waals surface area contributed by atoms with Gasteiger partial charge in [0.2, 0.25) is 0 Å². The zero-order valence-corrected chi connectivity index (χ0v) is 7.31. The number of aliphatic hydroxyl groups excluding tert-OH is 1. The second-order valence-corrected chi connectivity index (χ2v) is 3.06. The first-order chi connectivity index (χ1) is 6.16. The molecule has 68 valence electrons. The second kappa shape index (κ2) is 2.74. The third kappa shape index (κ3) is 1.36. The number of nitrogens with two attached hydrogens (primary N) is 1. The molecule has 2 rings (SSSR count). The van der Waals surface area contributed by atoms with Crippen LogP contribution in [0.25, 0.3) is 10.9 Å². The molecule has 0 saturated heterocycles. The molecule has 13 heavy (non-hydrogen) atoms. The summed E-state index contributed by atoms with van der Waals surface area (Å²) in [6.07, 6.45) is 1.19. The van der Waals surface area contributed by atoms with Gasteiger partial charge in [-0.1, -0.05) is 0 Å². The van der Waals surface area contributed by atoms with Gasteiger partial charge in [-0.05, 0) is 25.1 Å². The molecule has 0 fully saturated rings. The van der Waals surface area contributed by atoms with E-state index in [1.807, 2.05) is 12.1 Å². The number of fused-ring (bicyclic) bond motifs is 1. The number of aromatic nitrogens is 2. The Morgan fingerprint density at radius 3 is 3.00 bits per heavy atom. The van der Waals surface area contributed by atoms with Crippen molar-refractivity contribution in [3.05, 3.63) is 24.4 Å². The van der Waals surface area contributed by atoms with Crippen molar-refractivity contribution in [3.63, 3.8) is 0 Å². The SMILES string of the molecule is CC(O)n1cc2ccc(N)cc2n1. The van der Waals surface area contributed by atoms with Crippen LogP contribution in [0, 0.1) is 0 Å². The highest BCUT2D eigenvalue weighted by atomic mass is 16.3. The lowest BCUT2D eigenvalue weighted by atomic mass is 10.2.